The maximum atomic E-state index is 6.24. The quantitative estimate of drug-likeness (QED) is 0.900. The van der Waals surface area contributed by atoms with Gasteiger partial charge in [0.15, 0.2) is 0 Å². The largest absolute Gasteiger partial charge is 0.327 e. The van der Waals surface area contributed by atoms with Gasteiger partial charge in [-0.2, -0.15) is 23.5 Å². The molecule has 1 aromatic heterocycles. The molecular weight excluding hydrogens is 242 g/mol. The van der Waals surface area contributed by atoms with Crippen molar-refractivity contribution in [3.05, 3.63) is 22.4 Å². The number of rotatable bonds is 4. The molecule has 84 valence electrons. The van der Waals surface area contributed by atoms with Gasteiger partial charge in [0, 0.05) is 33.4 Å². The van der Waals surface area contributed by atoms with Gasteiger partial charge in [-0.15, -0.1) is 11.3 Å². The lowest BCUT2D eigenvalue weighted by Gasteiger charge is -2.26. The predicted molar refractivity (Wildman–Crippen MR) is 74.2 cm³/mol. The molecule has 4 heteroatoms. The Kier molecular flexibility index (Phi) is 4.88. The molecule has 1 fully saturated rings. The van der Waals surface area contributed by atoms with E-state index in [2.05, 4.69) is 41.0 Å². The summed E-state index contributed by atoms with van der Waals surface area (Å²) in [5.41, 5.74) is 6.24. The molecule has 1 nitrogen and oxygen atoms in total. The van der Waals surface area contributed by atoms with E-state index < -0.39 is 0 Å². The Morgan fingerprint density at radius 1 is 1.47 bits per heavy atom. The van der Waals surface area contributed by atoms with Gasteiger partial charge < -0.3 is 5.73 Å². The number of hydrogen-bond donors (Lipinski definition) is 1. The van der Waals surface area contributed by atoms with Crippen LogP contribution in [0.3, 0.4) is 0 Å². The standard InChI is InChI=1S/C11H17NS3/c12-10(11-8-13-6-7-15-11)4-3-9-2-1-5-14-9/h1-2,5,10-11H,3-4,6-8,12H2. The average molecular weight is 259 g/mol. The highest BCUT2D eigenvalue weighted by molar-refractivity contribution is 8.06. The van der Waals surface area contributed by atoms with E-state index in [1.807, 2.05) is 11.3 Å². The Balaban J connectivity index is 1.74. The first-order valence-corrected chi connectivity index (χ1v) is 8.42. The van der Waals surface area contributed by atoms with Crippen molar-refractivity contribution in [1.29, 1.82) is 0 Å². The van der Waals surface area contributed by atoms with E-state index in [1.54, 1.807) is 0 Å². The molecule has 2 rings (SSSR count). The molecule has 1 aliphatic heterocycles. The normalized spacial score (nSPS) is 23.9. The minimum atomic E-state index is 0.380. The third-order valence-electron chi connectivity index (χ3n) is 2.62. The second-order valence-electron chi connectivity index (χ2n) is 3.77. The lowest BCUT2D eigenvalue weighted by molar-refractivity contribution is 0.613. The van der Waals surface area contributed by atoms with E-state index in [9.17, 15) is 0 Å². The fraction of sp³-hybridized carbons (Fsp3) is 0.636. The Hall–Kier alpha value is 0.360. The van der Waals surface area contributed by atoms with E-state index in [4.69, 9.17) is 5.73 Å². The van der Waals surface area contributed by atoms with Crippen LogP contribution in [0.15, 0.2) is 17.5 Å². The van der Waals surface area contributed by atoms with Gasteiger partial charge in [-0.3, -0.25) is 0 Å². The van der Waals surface area contributed by atoms with Crippen molar-refractivity contribution in [3.63, 3.8) is 0 Å². The molecule has 1 saturated heterocycles. The van der Waals surface area contributed by atoms with Gasteiger partial charge in [0.2, 0.25) is 0 Å². The Morgan fingerprint density at radius 2 is 2.40 bits per heavy atom. The summed E-state index contributed by atoms with van der Waals surface area (Å²) in [6.07, 6.45) is 2.29. The maximum Gasteiger partial charge on any atom is 0.0289 e. The topological polar surface area (TPSA) is 26.0 Å². The zero-order valence-corrected chi connectivity index (χ0v) is 11.2. The summed E-state index contributed by atoms with van der Waals surface area (Å²) >= 11 is 5.97. The molecular formula is C11H17NS3. The second kappa shape index (κ2) is 6.18. The van der Waals surface area contributed by atoms with Crippen molar-refractivity contribution in [3.8, 4) is 0 Å². The van der Waals surface area contributed by atoms with E-state index in [-0.39, 0.29) is 0 Å². The zero-order valence-electron chi connectivity index (χ0n) is 8.72. The molecule has 2 atom stereocenters. The minimum absolute atomic E-state index is 0.380. The summed E-state index contributed by atoms with van der Waals surface area (Å²) < 4.78 is 0. The van der Waals surface area contributed by atoms with Gasteiger partial charge in [0.05, 0.1) is 0 Å². The Morgan fingerprint density at radius 3 is 3.07 bits per heavy atom. The van der Waals surface area contributed by atoms with Crippen molar-refractivity contribution < 1.29 is 0 Å². The first kappa shape index (κ1) is 11.8. The van der Waals surface area contributed by atoms with Crippen LogP contribution in [0.4, 0.5) is 0 Å². The number of thioether (sulfide) groups is 2. The van der Waals surface area contributed by atoms with Crippen molar-refractivity contribution in [2.45, 2.75) is 24.1 Å². The fourth-order valence-electron chi connectivity index (χ4n) is 1.70. The van der Waals surface area contributed by atoms with Crippen LogP contribution in [0.2, 0.25) is 0 Å². The summed E-state index contributed by atoms with van der Waals surface area (Å²) in [6.45, 7) is 0. The fourth-order valence-corrected chi connectivity index (χ4v) is 5.29. The van der Waals surface area contributed by atoms with E-state index >= 15 is 0 Å². The molecule has 0 bridgehead atoms. The molecule has 2 N–H and O–H groups in total. The number of nitrogens with two attached hydrogens (primary N) is 1. The third-order valence-corrected chi connectivity index (χ3v) is 6.50. The SMILES string of the molecule is NC(CCc1cccs1)C1CSCCS1. The molecule has 1 aliphatic rings. The van der Waals surface area contributed by atoms with Crippen molar-refractivity contribution >= 4 is 34.9 Å². The van der Waals surface area contributed by atoms with Gasteiger partial charge in [0.25, 0.3) is 0 Å². The number of aryl methyl sites for hydroxylation is 1. The summed E-state index contributed by atoms with van der Waals surface area (Å²) in [5.74, 6) is 3.83. The average Bonchev–Trinajstić information content (AvgIpc) is 2.80. The third kappa shape index (κ3) is 3.70. The second-order valence-corrected chi connectivity index (χ2v) is 7.30. The highest BCUT2D eigenvalue weighted by atomic mass is 32.2. The minimum Gasteiger partial charge on any atom is -0.327 e. The van der Waals surface area contributed by atoms with Gasteiger partial charge in [-0.1, -0.05) is 6.07 Å². The van der Waals surface area contributed by atoms with Crippen LogP contribution < -0.4 is 5.73 Å². The van der Waals surface area contributed by atoms with Gasteiger partial charge in [0.1, 0.15) is 0 Å². The molecule has 0 saturated carbocycles. The Labute approximate surface area is 104 Å². The molecule has 1 aromatic rings. The number of hydrogen-bond acceptors (Lipinski definition) is 4. The summed E-state index contributed by atoms with van der Waals surface area (Å²) in [6, 6.07) is 4.71. The van der Waals surface area contributed by atoms with E-state index in [0.29, 0.717) is 11.3 Å². The van der Waals surface area contributed by atoms with E-state index in [0.717, 1.165) is 12.8 Å². The van der Waals surface area contributed by atoms with Gasteiger partial charge in [-0.25, -0.2) is 0 Å². The molecule has 0 spiro atoms. The van der Waals surface area contributed by atoms with Gasteiger partial charge >= 0.3 is 0 Å². The van der Waals surface area contributed by atoms with Crippen molar-refractivity contribution in [1.82, 2.24) is 0 Å². The van der Waals surface area contributed by atoms with Crippen LogP contribution in [0.1, 0.15) is 11.3 Å². The molecule has 0 aliphatic carbocycles. The van der Waals surface area contributed by atoms with Crippen LogP contribution in [-0.4, -0.2) is 28.6 Å². The highest BCUT2D eigenvalue weighted by Crippen LogP contribution is 2.27. The van der Waals surface area contributed by atoms with Crippen LogP contribution in [0.5, 0.6) is 0 Å². The van der Waals surface area contributed by atoms with Crippen LogP contribution in [0.25, 0.3) is 0 Å². The van der Waals surface area contributed by atoms with Crippen molar-refractivity contribution in [2.24, 2.45) is 5.73 Å². The molecule has 15 heavy (non-hydrogen) atoms. The molecule has 0 radical (unpaired) electrons. The Bertz CT molecular complexity index is 267. The zero-order chi connectivity index (χ0) is 10.5. The number of thiophene rings is 1. The molecule has 0 amide bonds. The van der Waals surface area contributed by atoms with Crippen LogP contribution >= 0.6 is 34.9 Å². The monoisotopic (exact) mass is 259 g/mol. The smallest absolute Gasteiger partial charge is 0.0289 e. The van der Waals surface area contributed by atoms with E-state index in [1.165, 1.54) is 22.1 Å². The first-order chi connectivity index (χ1) is 7.36. The van der Waals surface area contributed by atoms with Crippen LogP contribution in [-0.2, 0) is 6.42 Å². The summed E-state index contributed by atoms with van der Waals surface area (Å²) in [7, 11) is 0. The maximum absolute atomic E-state index is 6.24. The highest BCUT2D eigenvalue weighted by Gasteiger charge is 2.21. The molecule has 2 unspecified atom stereocenters. The molecule has 2 heterocycles. The molecule has 0 aromatic carbocycles. The predicted octanol–water partition coefficient (Wildman–Crippen LogP) is 2.86. The summed E-state index contributed by atoms with van der Waals surface area (Å²) in [4.78, 5) is 1.47. The first-order valence-electron chi connectivity index (χ1n) is 5.33. The summed E-state index contributed by atoms with van der Waals surface area (Å²) in [5, 5.41) is 2.83. The van der Waals surface area contributed by atoms with Gasteiger partial charge in [-0.05, 0) is 24.3 Å². The lowest BCUT2D eigenvalue weighted by atomic mass is 10.1. The lowest BCUT2D eigenvalue weighted by Crippen LogP contribution is -2.36. The van der Waals surface area contributed by atoms with Crippen molar-refractivity contribution in [2.75, 3.05) is 17.3 Å². The van der Waals surface area contributed by atoms with Crippen LogP contribution in [0, 0.1) is 0 Å².